The molecule has 0 saturated carbocycles. The van der Waals surface area contributed by atoms with E-state index in [1.807, 2.05) is 6.92 Å². The fourth-order valence-corrected chi connectivity index (χ4v) is 2.17. The molecular formula is C17H20FNO3. The van der Waals surface area contributed by atoms with Gasteiger partial charge in [0.1, 0.15) is 11.6 Å². The number of rotatable bonds is 5. The number of hydrogen-bond acceptors (Lipinski definition) is 3. The third-order valence-corrected chi connectivity index (χ3v) is 3.19. The first kappa shape index (κ1) is 16.2. The predicted octanol–water partition coefficient (Wildman–Crippen LogP) is 3.32. The van der Waals surface area contributed by atoms with Crippen LogP contribution in [0.1, 0.15) is 31.3 Å². The summed E-state index contributed by atoms with van der Waals surface area (Å²) >= 11 is 0. The number of hydrogen-bond donors (Lipinski definition) is 1. The maximum absolute atomic E-state index is 12.9. The van der Waals surface area contributed by atoms with E-state index in [9.17, 15) is 14.3 Å². The highest BCUT2D eigenvalue weighted by Crippen LogP contribution is 2.23. The molecule has 0 radical (unpaired) electrons. The van der Waals surface area contributed by atoms with Gasteiger partial charge in [-0.25, -0.2) is 4.39 Å². The maximum atomic E-state index is 12.9. The highest BCUT2D eigenvalue weighted by Gasteiger charge is 2.24. The molecule has 1 heterocycles. The Hall–Kier alpha value is -2.14. The lowest BCUT2D eigenvalue weighted by atomic mass is 10.1. The second-order valence-corrected chi connectivity index (χ2v) is 5.80. The van der Waals surface area contributed by atoms with Crippen LogP contribution in [0.5, 0.6) is 0 Å². The van der Waals surface area contributed by atoms with E-state index < -0.39 is 5.60 Å². The van der Waals surface area contributed by atoms with E-state index in [4.69, 9.17) is 4.42 Å². The van der Waals surface area contributed by atoms with Gasteiger partial charge < -0.3 is 14.4 Å². The van der Waals surface area contributed by atoms with Crippen LogP contribution in [0, 0.1) is 5.82 Å². The van der Waals surface area contributed by atoms with Gasteiger partial charge in [-0.05, 0) is 57.2 Å². The summed E-state index contributed by atoms with van der Waals surface area (Å²) in [5.41, 5.74) is -0.274. The monoisotopic (exact) mass is 305 g/mol. The molecule has 1 aromatic carbocycles. The molecule has 22 heavy (non-hydrogen) atoms. The fraction of sp³-hybridized carbons (Fsp3) is 0.353. The van der Waals surface area contributed by atoms with Crippen LogP contribution in [0.2, 0.25) is 0 Å². The van der Waals surface area contributed by atoms with Crippen LogP contribution >= 0.6 is 0 Å². The molecular weight excluding hydrogens is 285 g/mol. The Balaban J connectivity index is 2.19. The third kappa shape index (κ3) is 3.95. The second kappa shape index (κ2) is 6.32. The topological polar surface area (TPSA) is 53.7 Å². The first-order valence-corrected chi connectivity index (χ1v) is 7.17. The van der Waals surface area contributed by atoms with E-state index in [1.54, 1.807) is 38.1 Å². The molecule has 0 spiro atoms. The smallest absolute Gasteiger partial charge is 0.289 e. The molecule has 5 heteroatoms. The van der Waals surface area contributed by atoms with Crippen molar-refractivity contribution < 1.29 is 18.7 Å². The number of carbonyl (C=O) groups excluding carboxylic acids is 1. The average Bonchev–Trinajstić information content (AvgIpc) is 2.93. The normalized spacial score (nSPS) is 11.5. The Morgan fingerprint density at radius 2 is 1.86 bits per heavy atom. The van der Waals surface area contributed by atoms with Gasteiger partial charge in [-0.3, -0.25) is 4.79 Å². The first-order valence-electron chi connectivity index (χ1n) is 7.17. The lowest BCUT2D eigenvalue weighted by Gasteiger charge is -2.27. The lowest BCUT2D eigenvalue weighted by Crippen LogP contribution is -2.42. The molecule has 0 fully saturated rings. The van der Waals surface area contributed by atoms with Gasteiger partial charge in [0.2, 0.25) is 0 Å². The second-order valence-electron chi connectivity index (χ2n) is 5.80. The van der Waals surface area contributed by atoms with Crippen LogP contribution in [-0.2, 0) is 0 Å². The average molecular weight is 305 g/mol. The summed E-state index contributed by atoms with van der Waals surface area (Å²) in [6.07, 6.45) is 0. The molecule has 118 valence electrons. The molecule has 1 N–H and O–H groups in total. The van der Waals surface area contributed by atoms with Crippen molar-refractivity contribution in [2.45, 2.75) is 26.4 Å². The van der Waals surface area contributed by atoms with Crippen molar-refractivity contribution in [1.82, 2.24) is 4.90 Å². The van der Waals surface area contributed by atoms with Gasteiger partial charge in [0.05, 0.1) is 5.60 Å². The first-order chi connectivity index (χ1) is 10.3. The van der Waals surface area contributed by atoms with Crippen LogP contribution in [0.15, 0.2) is 40.8 Å². The zero-order valence-corrected chi connectivity index (χ0v) is 13.0. The molecule has 0 atom stereocenters. The van der Waals surface area contributed by atoms with Crippen LogP contribution < -0.4 is 0 Å². The van der Waals surface area contributed by atoms with Gasteiger partial charge in [-0.1, -0.05) is 0 Å². The minimum absolute atomic E-state index is 0.199. The summed E-state index contributed by atoms with van der Waals surface area (Å²) in [5, 5.41) is 9.86. The van der Waals surface area contributed by atoms with Crippen LogP contribution in [0.3, 0.4) is 0 Å². The minimum atomic E-state index is -0.974. The van der Waals surface area contributed by atoms with Crippen LogP contribution in [-0.4, -0.2) is 34.6 Å². The number of carbonyl (C=O) groups is 1. The number of likely N-dealkylation sites (N-methyl/N-ethyl adjacent to an activating group) is 1. The van der Waals surface area contributed by atoms with Gasteiger partial charge in [0.25, 0.3) is 5.91 Å². The molecule has 0 unspecified atom stereocenters. The van der Waals surface area contributed by atoms with E-state index in [2.05, 4.69) is 0 Å². The van der Waals surface area contributed by atoms with E-state index in [1.165, 1.54) is 17.0 Å². The van der Waals surface area contributed by atoms with Gasteiger partial charge in [-0.15, -0.1) is 0 Å². The number of furan rings is 1. The molecule has 1 aromatic heterocycles. The lowest BCUT2D eigenvalue weighted by molar-refractivity contribution is 0.0299. The maximum Gasteiger partial charge on any atom is 0.289 e. The summed E-state index contributed by atoms with van der Waals surface area (Å²) in [4.78, 5) is 13.9. The molecule has 0 bridgehead atoms. The zero-order chi connectivity index (χ0) is 16.3. The van der Waals surface area contributed by atoms with E-state index in [-0.39, 0.29) is 24.0 Å². The Bertz CT molecular complexity index is 641. The van der Waals surface area contributed by atoms with Crippen molar-refractivity contribution in [2.75, 3.05) is 13.1 Å². The summed E-state index contributed by atoms with van der Waals surface area (Å²) in [5.74, 6) is 0.0972. The van der Waals surface area contributed by atoms with E-state index >= 15 is 0 Å². The SMILES string of the molecule is CCN(CC(C)(C)O)C(=O)c1ccc(-c2ccc(F)cc2)o1. The minimum Gasteiger partial charge on any atom is -0.451 e. The van der Waals surface area contributed by atoms with Crippen LogP contribution in [0.25, 0.3) is 11.3 Å². The quantitative estimate of drug-likeness (QED) is 0.922. The number of amides is 1. The fourth-order valence-electron chi connectivity index (χ4n) is 2.17. The predicted molar refractivity (Wildman–Crippen MR) is 82.0 cm³/mol. The zero-order valence-electron chi connectivity index (χ0n) is 13.0. The van der Waals surface area contributed by atoms with Crippen molar-refractivity contribution in [3.05, 3.63) is 48.0 Å². The summed E-state index contributed by atoms with van der Waals surface area (Å²) in [6, 6.07) is 9.14. The van der Waals surface area contributed by atoms with Gasteiger partial charge in [0, 0.05) is 18.7 Å². The number of aliphatic hydroxyl groups is 1. The number of halogens is 1. The highest BCUT2D eigenvalue weighted by atomic mass is 19.1. The molecule has 2 rings (SSSR count). The van der Waals surface area contributed by atoms with Crippen molar-refractivity contribution >= 4 is 5.91 Å². The molecule has 0 saturated heterocycles. The van der Waals surface area contributed by atoms with Gasteiger partial charge >= 0.3 is 0 Å². The third-order valence-electron chi connectivity index (χ3n) is 3.19. The van der Waals surface area contributed by atoms with Crippen molar-refractivity contribution in [1.29, 1.82) is 0 Å². The Morgan fingerprint density at radius 1 is 1.23 bits per heavy atom. The molecule has 0 aliphatic heterocycles. The molecule has 0 aliphatic rings. The van der Waals surface area contributed by atoms with Crippen molar-refractivity contribution in [3.8, 4) is 11.3 Å². The van der Waals surface area contributed by atoms with E-state index in [0.29, 0.717) is 17.9 Å². The Morgan fingerprint density at radius 3 is 2.41 bits per heavy atom. The summed E-state index contributed by atoms with van der Waals surface area (Å²) in [6.45, 7) is 5.82. The Kier molecular flexibility index (Phi) is 4.66. The van der Waals surface area contributed by atoms with Crippen molar-refractivity contribution in [3.63, 3.8) is 0 Å². The summed E-state index contributed by atoms with van der Waals surface area (Å²) < 4.78 is 18.5. The molecule has 0 aliphatic carbocycles. The number of nitrogens with zero attached hydrogens (tertiary/aromatic N) is 1. The molecule has 1 amide bonds. The van der Waals surface area contributed by atoms with E-state index in [0.717, 1.165) is 0 Å². The largest absolute Gasteiger partial charge is 0.451 e. The molecule has 4 nitrogen and oxygen atoms in total. The van der Waals surface area contributed by atoms with Crippen LogP contribution in [0.4, 0.5) is 4.39 Å². The summed E-state index contributed by atoms with van der Waals surface area (Å²) in [7, 11) is 0. The highest BCUT2D eigenvalue weighted by molar-refractivity contribution is 5.92. The standard InChI is InChI=1S/C17H20FNO3/c1-4-19(11-17(2,3)21)16(20)15-10-9-14(22-15)12-5-7-13(18)8-6-12/h5-10,21H,4,11H2,1-3H3. The number of benzene rings is 1. The molecule has 2 aromatic rings. The van der Waals surface area contributed by atoms with Gasteiger partial charge in [-0.2, -0.15) is 0 Å². The Labute approximate surface area is 129 Å². The van der Waals surface area contributed by atoms with Gasteiger partial charge in [0.15, 0.2) is 5.76 Å². The van der Waals surface area contributed by atoms with Crippen molar-refractivity contribution in [2.24, 2.45) is 0 Å².